The first kappa shape index (κ1) is 33.4. The molecule has 240 valence electrons. The third-order valence-electron chi connectivity index (χ3n) is 10.8. The summed E-state index contributed by atoms with van der Waals surface area (Å²) in [6, 6.07) is 0. The van der Waals surface area contributed by atoms with Gasteiger partial charge in [-0.2, -0.15) is 0 Å². The molecule has 9 heteroatoms. The minimum Gasteiger partial charge on any atom is -0.461 e. The van der Waals surface area contributed by atoms with Gasteiger partial charge in [0.2, 0.25) is 0 Å². The predicted octanol–water partition coefficient (Wildman–Crippen LogP) is 4.76. The van der Waals surface area contributed by atoms with Gasteiger partial charge in [0, 0.05) is 55.8 Å². The van der Waals surface area contributed by atoms with Crippen molar-refractivity contribution in [2.24, 2.45) is 29.1 Å². The highest BCUT2D eigenvalue weighted by Crippen LogP contribution is 2.77. The average molecular weight is 603 g/mol. The molecule has 2 saturated carbocycles. The van der Waals surface area contributed by atoms with E-state index in [9.17, 15) is 29.4 Å². The Kier molecular flexibility index (Phi) is 9.40. The van der Waals surface area contributed by atoms with Crippen LogP contribution in [0.3, 0.4) is 0 Å². The Morgan fingerprint density at radius 3 is 2.21 bits per heavy atom. The van der Waals surface area contributed by atoms with Crippen molar-refractivity contribution in [1.29, 1.82) is 0 Å². The first-order valence-electron chi connectivity index (χ1n) is 16.0. The Bertz CT molecular complexity index is 1200. The van der Waals surface area contributed by atoms with E-state index < -0.39 is 69.7 Å². The number of ether oxygens (including phenoxy) is 3. The zero-order valence-corrected chi connectivity index (χ0v) is 26.9. The van der Waals surface area contributed by atoms with Gasteiger partial charge in [0.1, 0.15) is 18.3 Å². The molecule has 0 aromatic carbocycles. The SMILES string of the molecule is CCCCCCCCCC(=O)O[C@@]12[C@H](OC(C)=O)[C@@H](C)[C@@]3(O)[C@@H](C=C(COC(C)=O)C[C@]4(O)C(=O)C(C)=C[C@@H]34)[C@@H]1C2(C)C. The number of hydrogen-bond acceptors (Lipinski definition) is 9. The highest BCUT2D eigenvalue weighted by Gasteiger charge is 2.87. The number of aliphatic hydroxyl groups is 2. The molecule has 0 bridgehead atoms. The van der Waals surface area contributed by atoms with E-state index in [-0.39, 0.29) is 25.4 Å². The second-order valence-corrected chi connectivity index (χ2v) is 13.9. The van der Waals surface area contributed by atoms with Crippen LogP contribution in [0.25, 0.3) is 0 Å². The molecule has 4 rings (SSSR count). The van der Waals surface area contributed by atoms with Crippen LogP contribution in [0.1, 0.15) is 106 Å². The Morgan fingerprint density at radius 1 is 0.977 bits per heavy atom. The fourth-order valence-electron chi connectivity index (χ4n) is 8.65. The minimum absolute atomic E-state index is 0.125. The zero-order chi connectivity index (χ0) is 32.0. The van der Waals surface area contributed by atoms with Crippen molar-refractivity contribution < 1.29 is 43.6 Å². The number of Topliss-reactive ketones (excluding diaryl/α,β-unsaturated/α-hetero) is 1. The predicted molar refractivity (Wildman–Crippen MR) is 158 cm³/mol. The maximum atomic E-state index is 13.4. The lowest BCUT2D eigenvalue weighted by Crippen LogP contribution is -2.66. The van der Waals surface area contributed by atoms with Crippen LogP contribution in [0.5, 0.6) is 0 Å². The van der Waals surface area contributed by atoms with Gasteiger partial charge >= 0.3 is 17.9 Å². The van der Waals surface area contributed by atoms with Crippen molar-refractivity contribution in [2.75, 3.05) is 6.61 Å². The van der Waals surface area contributed by atoms with Crippen LogP contribution in [0.2, 0.25) is 0 Å². The Labute approximate surface area is 255 Å². The lowest BCUT2D eigenvalue weighted by molar-refractivity contribution is -0.228. The maximum Gasteiger partial charge on any atom is 0.306 e. The molecule has 0 unspecified atom stereocenters. The summed E-state index contributed by atoms with van der Waals surface area (Å²) in [5, 5.41) is 24.7. The number of ketones is 1. The minimum atomic E-state index is -1.97. The van der Waals surface area contributed by atoms with Crippen molar-refractivity contribution in [1.82, 2.24) is 0 Å². The van der Waals surface area contributed by atoms with Crippen LogP contribution in [0.15, 0.2) is 23.3 Å². The van der Waals surface area contributed by atoms with E-state index >= 15 is 0 Å². The smallest absolute Gasteiger partial charge is 0.306 e. The molecule has 4 aliphatic carbocycles. The van der Waals surface area contributed by atoms with E-state index in [0.717, 1.165) is 19.3 Å². The third-order valence-corrected chi connectivity index (χ3v) is 10.8. The largest absolute Gasteiger partial charge is 0.461 e. The number of esters is 3. The van der Waals surface area contributed by atoms with Gasteiger partial charge in [0.25, 0.3) is 0 Å². The van der Waals surface area contributed by atoms with Crippen LogP contribution >= 0.6 is 0 Å². The molecule has 0 aromatic rings. The first-order chi connectivity index (χ1) is 20.1. The van der Waals surface area contributed by atoms with E-state index in [4.69, 9.17) is 14.2 Å². The number of unbranched alkanes of at least 4 members (excludes halogenated alkanes) is 6. The second kappa shape index (κ2) is 12.1. The van der Waals surface area contributed by atoms with Gasteiger partial charge in [-0.1, -0.05) is 78.4 Å². The van der Waals surface area contributed by atoms with Gasteiger partial charge in [0.05, 0.1) is 5.60 Å². The second-order valence-electron chi connectivity index (χ2n) is 13.9. The first-order valence-corrected chi connectivity index (χ1v) is 16.0. The summed E-state index contributed by atoms with van der Waals surface area (Å²) in [5.41, 5.74) is -4.82. The van der Waals surface area contributed by atoms with Gasteiger partial charge < -0.3 is 24.4 Å². The fourth-order valence-corrected chi connectivity index (χ4v) is 8.65. The van der Waals surface area contributed by atoms with Gasteiger partial charge in [-0.25, -0.2) is 0 Å². The summed E-state index contributed by atoms with van der Waals surface area (Å²) in [6.45, 7) is 11.8. The molecule has 0 radical (unpaired) electrons. The van der Waals surface area contributed by atoms with Crippen LogP contribution in [-0.2, 0) is 33.4 Å². The molecule has 43 heavy (non-hydrogen) atoms. The molecule has 0 saturated heterocycles. The molecular formula is C34H50O9. The van der Waals surface area contributed by atoms with Gasteiger partial charge in [-0.3, -0.25) is 19.2 Å². The van der Waals surface area contributed by atoms with Crippen molar-refractivity contribution in [3.05, 3.63) is 23.3 Å². The normalized spacial score (nSPS) is 37.1. The molecule has 0 aromatic heterocycles. The molecule has 4 aliphatic rings. The van der Waals surface area contributed by atoms with Crippen LogP contribution in [-0.4, -0.2) is 63.4 Å². The number of hydrogen-bond donors (Lipinski definition) is 2. The quantitative estimate of drug-likeness (QED) is 0.140. The number of rotatable bonds is 12. The van der Waals surface area contributed by atoms with Crippen molar-refractivity contribution >= 4 is 23.7 Å². The highest BCUT2D eigenvalue weighted by atomic mass is 16.6. The maximum absolute atomic E-state index is 13.4. The van der Waals surface area contributed by atoms with Crippen LogP contribution in [0.4, 0.5) is 0 Å². The fraction of sp³-hybridized carbons (Fsp3) is 0.765. The summed E-state index contributed by atoms with van der Waals surface area (Å²) in [4.78, 5) is 51.0. The molecule has 9 nitrogen and oxygen atoms in total. The van der Waals surface area contributed by atoms with E-state index in [1.165, 1.54) is 33.1 Å². The lowest BCUT2D eigenvalue weighted by Gasteiger charge is -2.53. The zero-order valence-electron chi connectivity index (χ0n) is 26.9. The van der Waals surface area contributed by atoms with Crippen LogP contribution < -0.4 is 0 Å². The van der Waals surface area contributed by atoms with Crippen molar-refractivity contribution in [3.8, 4) is 0 Å². The van der Waals surface area contributed by atoms with E-state index in [2.05, 4.69) is 6.92 Å². The summed E-state index contributed by atoms with van der Waals surface area (Å²) in [7, 11) is 0. The molecule has 2 N–H and O–H groups in total. The Hall–Kier alpha value is -2.52. The standard InChI is InChI=1S/C34H50O9/c1-8-9-10-11-12-13-14-15-27(37)43-34-28(31(34,6)7)25-17-24(19-41-22(4)35)18-32(39)26(16-20(2)29(32)38)33(25,40)21(3)30(34)42-23(5)36/h16-17,21,25-26,28,30,39-40H,8-15,18-19H2,1-7H3/t21-,25+,26-,28-,30-,32-,33-,34-/m1/s1. The molecule has 0 heterocycles. The molecule has 0 amide bonds. The lowest BCUT2D eigenvalue weighted by atomic mass is 9.59. The van der Waals surface area contributed by atoms with E-state index in [1.54, 1.807) is 26.0 Å². The summed E-state index contributed by atoms with van der Waals surface area (Å²) < 4.78 is 17.6. The monoisotopic (exact) mass is 602 g/mol. The summed E-state index contributed by atoms with van der Waals surface area (Å²) >= 11 is 0. The number of carbonyl (C=O) groups is 4. The van der Waals surface area contributed by atoms with E-state index in [0.29, 0.717) is 17.6 Å². The molecule has 0 spiro atoms. The van der Waals surface area contributed by atoms with Crippen molar-refractivity contribution in [2.45, 2.75) is 129 Å². The highest BCUT2D eigenvalue weighted by molar-refractivity contribution is 6.04. The number of fused-ring (bicyclic) bond motifs is 5. The van der Waals surface area contributed by atoms with E-state index in [1.807, 2.05) is 13.8 Å². The van der Waals surface area contributed by atoms with Crippen LogP contribution in [0, 0.1) is 29.1 Å². The summed E-state index contributed by atoms with van der Waals surface area (Å²) in [5.74, 6) is -5.01. The molecule has 2 fully saturated rings. The third kappa shape index (κ3) is 5.49. The Balaban J connectivity index is 1.71. The molecular weight excluding hydrogens is 552 g/mol. The van der Waals surface area contributed by atoms with Gasteiger partial charge in [-0.15, -0.1) is 0 Å². The topological polar surface area (TPSA) is 136 Å². The summed E-state index contributed by atoms with van der Waals surface area (Å²) in [6.07, 6.45) is 9.91. The van der Waals surface area contributed by atoms with Gasteiger partial charge in [0.15, 0.2) is 11.4 Å². The number of carbonyl (C=O) groups excluding carboxylic acids is 4. The molecule has 8 atom stereocenters. The Morgan fingerprint density at radius 2 is 1.60 bits per heavy atom. The molecule has 0 aliphatic heterocycles. The van der Waals surface area contributed by atoms with Gasteiger partial charge in [-0.05, 0) is 24.5 Å². The van der Waals surface area contributed by atoms with Crippen molar-refractivity contribution in [3.63, 3.8) is 0 Å². The average Bonchev–Trinajstić information content (AvgIpc) is 3.35.